The van der Waals surface area contributed by atoms with E-state index in [2.05, 4.69) is 65.0 Å². The molecule has 5 aromatic rings. The van der Waals surface area contributed by atoms with E-state index in [1.54, 1.807) is 12.1 Å². The number of benzene rings is 2. The Kier molecular flexibility index (Phi) is 21.3. The summed E-state index contributed by atoms with van der Waals surface area (Å²) < 4.78 is 53.7. The van der Waals surface area contributed by atoms with Gasteiger partial charge in [0.25, 0.3) is 0 Å². The van der Waals surface area contributed by atoms with E-state index < -0.39 is 18.0 Å². The molecule has 1 unspecified atom stereocenters. The predicted octanol–water partition coefficient (Wildman–Crippen LogP) is 7.52. The molecule has 1 saturated carbocycles. The Balaban J connectivity index is 0.801. The van der Waals surface area contributed by atoms with E-state index in [0.29, 0.717) is 120 Å². The summed E-state index contributed by atoms with van der Waals surface area (Å²) in [4.78, 5) is 53.4. The van der Waals surface area contributed by atoms with Gasteiger partial charge in [-0.3, -0.25) is 19.6 Å². The fraction of sp³-hybridized carbons (Fsp3) is 0.492. The zero-order valence-electron chi connectivity index (χ0n) is 44.6. The molecule has 410 valence electrons. The number of carbonyl (C=O) groups excluding carboxylic acids is 2. The number of alkyl carbamates (subject to hydrolysis) is 1. The molecule has 0 radical (unpaired) electrons. The number of hydrogen-bond acceptors (Lipinski definition) is 13. The molecule has 0 bridgehead atoms. The molecule has 17 nitrogen and oxygen atoms in total. The van der Waals surface area contributed by atoms with Crippen molar-refractivity contribution >= 4 is 46.2 Å². The van der Waals surface area contributed by atoms with Crippen molar-refractivity contribution in [2.24, 2.45) is 5.92 Å². The van der Waals surface area contributed by atoms with Gasteiger partial charge in [-0.05, 0) is 106 Å². The van der Waals surface area contributed by atoms with Gasteiger partial charge >= 0.3 is 6.09 Å². The number of aryl methyl sites for hydroxylation is 2. The topological polar surface area (TPSA) is 171 Å². The Morgan fingerprint density at radius 3 is 2.21 bits per heavy atom. The molecule has 18 heteroatoms. The predicted molar refractivity (Wildman–Crippen MR) is 294 cm³/mol. The minimum Gasteiger partial charge on any atom is -0.444 e. The summed E-state index contributed by atoms with van der Waals surface area (Å²) >= 11 is 0. The maximum atomic E-state index is 16.5. The third-order valence-corrected chi connectivity index (χ3v) is 13.8. The van der Waals surface area contributed by atoms with E-state index >= 15 is 4.39 Å². The Hall–Kier alpha value is -6.75. The lowest BCUT2D eigenvalue weighted by molar-refractivity contribution is -0.557. The number of piperidine rings is 2. The van der Waals surface area contributed by atoms with Crippen LogP contribution in [0.2, 0.25) is 0 Å². The zero-order chi connectivity index (χ0) is 53.8. The van der Waals surface area contributed by atoms with Crippen LogP contribution in [-0.4, -0.2) is 136 Å². The van der Waals surface area contributed by atoms with Gasteiger partial charge in [-0.15, -0.1) is 6.42 Å². The summed E-state index contributed by atoms with van der Waals surface area (Å²) in [5, 5.41) is 6.06. The van der Waals surface area contributed by atoms with Crippen molar-refractivity contribution in [1.82, 2.24) is 19.9 Å². The maximum absolute atomic E-state index is 16.5. The SMILES string of the molecule is C#CCOCCOCCOCCOCCOCCC(=O)Nc1ccc(CNC(=O)O[C@H]2CCCN(c3cc4c(cc3F)c(=O)c(C[N+](=CC3CCCN(c5ccc(C)nc5)C3)Cc3ccnc(C)c3)cn4C3CC3)C2)cc1. The zero-order valence-corrected chi connectivity index (χ0v) is 44.6. The number of rotatable bonds is 28. The molecule has 0 spiro atoms. The highest BCUT2D eigenvalue weighted by molar-refractivity contribution is 5.90. The van der Waals surface area contributed by atoms with Gasteiger partial charge in [0.1, 0.15) is 24.7 Å². The number of hydrogen-bond donors (Lipinski definition) is 2. The summed E-state index contributed by atoms with van der Waals surface area (Å²) in [6, 6.07) is 18.9. The lowest BCUT2D eigenvalue weighted by Gasteiger charge is -2.34. The number of terminal acetylenes is 1. The summed E-state index contributed by atoms with van der Waals surface area (Å²) in [7, 11) is 0. The van der Waals surface area contributed by atoms with E-state index in [-0.39, 0.29) is 49.5 Å². The number of pyridine rings is 3. The average molecular weight is 1060 g/mol. The van der Waals surface area contributed by atoms with Crippen LogP contribution in [0.25, 0.3) is 10.9 Å². The summed E-state index contributed by atoms with van der Waals surface area (Å²) in [6.07, 6.45) is 17.7. The van der Waals surface area contributed by atoms with Crippen molar-refractivity contribution in [1.29, 1.82) is 0 Å². The molecule has 77 heavy (non-hydrogen) atoms. The first-order chi connectivity index (χ1) is 37.6. The van der Waals surface area contributed by atoms with Gasteiger partial charge < -0.3 is 53.4 Å². The average Bonchev–Trinajstić information content (AvgIpc) is 4.30. The van der Waals surface area contributed by atoms with Crippen LogP contribution in [0.5, 0.6) is 0 Å². The molecule has 2 N–H and O–H groups in total. The first-order valence-electron chi connectivity index (χ1n) is 27.0. The van der Waals surface area contributed by atoms with E-state index in [0.717, 1.165) is 67.0 Å². The molecular weight excluding hydrogens is 984 g/mol. The molecule has 1 aliphatic carbocycles. The minimum atomic E-state index is -0.572. The molecule has 2 atom stereocenters. The first kappa shape index (κ1) is 56.5. The van der Waals surface area contributed by atoms with Crippen LogP contribution >= 0.6 is 0 Å². The number of nitrogens with zero attached hydrogens (tertiary/aromatic N) is 6. The van der Waals surface area contributed by atoms with E-state index in [1.165, 1.54) is 6.07 Å². The van der Waals surface area contributed by atoms with Crippen LogP contribution in [-0.2, 0) is 52.8 Å². The largest absolute Gasteiger partial charge is 0.444 e. The van der Waals surface area contributed by atoms with Crippen LogP contribution in [0.1, 0.15) is 79.1 Å². The van der Waals surface area contributed by atoms with Crippen molar-refractivity contribution in [2.45, 2.75) is 90.6 Å². The van der Waals surface area contributed by atoms with Crippen molar-refractivity contribution in [3.8, 4) is 12.3 Å². The maximum Gasteiger partial charge on any atom is 0.407 e. The summed E-state index contributed by atoms with van der Waals surface area (Å²) in [6.45, 7) is 11.9. The number of carbonyl (C=O) groups is 2. The highest BCUT2D eigenvalue weighted by atomic mass is 19.1. The fourth-order valence-corrected chi connectivity index (χ4v) is 9.78. The molecule has 8 rings (SSSR count). The van der Waals surface area contributed by atoms with E-state index in [9.17, 15) is 14.4 Å². The van der Waals surface area contributed by atoms with Gasteiger partial charge in [0.15, 0.2) is 18.5 Å². The second-order valence-corrected chi connectivity index (χ2v) is 20.0. The number of nitrogens with one attached hydrogen (secondary N) is 2. The number of amides is 2. The van der Waals surface area contributed by atoms with Gasteiger partial charge in [-0.25, -0.2) is 13.8 Å². The molecule has 3 fully saturated rings. The monoisotopic (exact) mass is 1060 g/mol. The van der Waals surface area contributed by atoms with Crippen LogP contribution < -0.4 is 25.9 Å². The Morgan fingerprint density at radius 2 is 1.51 bits per heavy atom. The standard InChI is InChI=1S/C59H73FN8O9/c1-4-22-72-24-26-74-28-30-76-31-29-75-27-25-73-23-18-57(69)64-49-12-10-45(11-13-49)35-63-59(71)77-52-8-6-21-67(42-52)56-34-55-53(33-54(56)60)58(70)48(41-68(55)50-15-16-50)40-65(37-46-17-19-61-44(3)32-46)38-47-7-5-20-66(39-47)51-14-9-43(2)62-36-51/h1,9-14,17,19,32-34,36,38,41,47,50,52H,5-8,15-16,18,20-31,35,37,39-40,42H2,2-3H3,(H-,63,64,69,71)/p+1/t47?,52-/m0/s1. The van der Waals surface area contributed by atoms with Crippen molar-refractivity contribution < 1.29 is 47.0 Å². The molecule has 5 heterocycles. The molecule has 3 aromatic heterocycles. The molecule has 3 aliphatic rings. The Labute approximate surface area is 451 Å². The molecule has 2 aromatic carbocycles. The number of halogens is 1. The number of fused-ring (bicyclic) bond motifs is 1. The Morgan fingerprint density at radius 1 is 0.792 bits per heavy atom. The second kappa shape index (κ2) is 29.1. The van der Waals surface area contributed by atoms with Gasteiger partial charge in [0.2, 0.25) is 5.91 Å². The number of anilines is 3. The van der Waals surface area contributed by atoms with Crippen LogP contribution in [0, 0.1) is 37.9 Å². The number of ether oxygens (including phenoxy) is 6. The van der Waals surface area contributed by atoms with Gasteiger partial charge in [-0.1, -0.05) is 18.1 Å². The minimum absolute atomic E-state index is 0.171. The quantitative estimate of drug-likeness (QED) is 0.0219. The van der Waals surface area contributed by atoms with Crippen LogP contribution in [0.3, 0.4) is 0 Å². The van der Waals surface area contributed by atoms with Gasteiger partial charge in [0.05, 0.1) is 107 Å². The highest BCUT2D eigenvalue weighted by Gasteiger charge is 2.30. The van der Waals surface area contributed by atoms with Crippen LogP contribution in [0.4, 0.5) is 26.2 Å². The van der Waals surface area contributed by atoms with Crippen molar-refractivity contribution in [3.63, 3.8) is 0 Å². The first-order valence-corrected chi connectivity index (χ1v) is 27.0. The van der Waals surface area contributed by atoms with Crippen LogP contribution in [0.15, 0.2) is 84.0 Å². The summed E-state index contributed by atoms with van der Waals surface area (Å²) in [5.41, 5.74) is 7.14. The third-order valence-electron chi connectivity index (χ3n) is 13.8. The van der Waals surface area contributed by atoms with Crippen molar-refractivity contribution in [3.05, 3.63) is 123 Å². The van der Waals surface area contributed by atoms with Gasteiger partial charge in [-0.2, -0.15) is 0 Å². The third kappa shape index (κ3) is 17.6. The molecular formula is C59H74FN8O9+. The second-order valence-electron chi connectivity index (χ2n) is 20.0. The van der Waals surface area contributed by atoms with Gasteiger partial charge in [0, 0.05) is 72.6 Å². The fourth-order valence-electron chi connectivity index (χ4n) is 9.78. The summed E-state index contributed by atoms with van der Waals surface area (Å²) in [5.74, 6) is 1.99. The smallest absolute Gasteiger partial charge is 0.407 e. The molecule has 2 saturated heterocycles. The lowest BCUT2D eigenvalue weighted by atomic mass is 9.98. The highest BCUT2D eigenvalue weighted by Crippen LogP contribution is 2.39. The lowest BCUT2D eigenvalue weighted by Crippen LogP contribution is -2.42. The molecule has 2 aliphatic heterocycles. The molecule has 2 amide bonds. The number of aromatic nitrogens is 3. The normalized spacial score (nSPS) is 16.8. The Bertz CT molecular complexity index is 2850. The van der Waals surface area contributed by atoms with E-state index in [4.69, 9.17) is 34.8 Å². The van der Waals surface area contributed by atoms with Crippen molar-refractivity contribution in [2.75, 3.05) is 107 Å². The van der Waals surface area contributed by atoms with E-state index in [1.807, 2.05) is 61.6 Å².